The molecular formula is C35H40N4O7. The third-order valence-corrected chi connectivity index (χ3v) is 7.87. The van der Waals surface area contributed by atoms with Crippen molar-refractivity contribution in [1.82, 2.24) is 21.3 Å². The number of benzene rings is 3. The molecule has 0 saturated heterocycles. The van der Waals surface area contributed by atoms with Crippen molar-refractivity contribution in [2.24, 2.45) is 5.92 Å². The molecular weight excluding hydrogens is 588 g/mol. The van der Waals surface area contributed by atoms with Gasteiger partial charge in [-0.2, -0.15) is 0 Å². The van der Waals surface area contributed by atoms with E-state index in [4.69, 9.17) is 4.74 Å². The number of carbonyl (C=O) groups excluding carboxylic acids is 5. The second-order valence-corrected chi connectivity index (χ2v) is 11.5. The number of ether oxygens (including phenoxy) is 2. The number of rotatable bonds is 13. The van der Waals surface area contributed by atoms with Crippen LogP contribution in [-0.4, -0.2) is 68.2 Å². The molecule has 0 aromatic heterocycles. The van der Waals surface area contributed by atoms with Gasteiger partial charge in [-0.3, -0.25) is 19.2 Å². The van der Waals surface area contributed by atoms with Crippen LogP contribution < -0.4 is 21.3 Å². The molecule has 4 amide bonds. The molecule has 11 heteroatoms. The Bertz CT molecular complexity index is 1510. The van der Waals surface area contributed by atoms with Gasteiger partial charge in [0.05, 0.1) is 7.11 Å². The molecule has 0 heterocycles. The number of nitrogens with one attached hydrogen (secondary N) is 4. The highest BCUT2D eigenvalue weighted by Gasteiger charge is 2.32. The van der Waals surface area contributed by atoms with Gasteiger partial charge < -0.3 is 30.7 Å². The maximum Gasteiger partial charge on any atom is 0.407 e. The van der Waals surface area contributed by atoms with Gasteiger partial charge in [-0.05, 0) is 40.7 Å². The molecule has 0 aliphatic heterocycles. The first-order valence-electron chi connectivity index (χ1n) is 15.2. The van der Waals surface area contributed by atoms with Crippen LogP contribution in [0.5, 0.6) is 0 Å². The number of hydrogen-bond donors (Lipinski definition) is 4. The minimum atomic E-state index is -1.07. The van der Waals surface area contributed by atoms with Crippen LogP contribution >= 0.6 is 0 Å². The highest BCUT2D eigenvalue weighted by atomic mass is 16.5. The Balaban J connectivity index is 1.38. The van der Waals surface area contributed by atoms with Crippen LogP contribution in [0.25, 0.3) is 11.1 Å². The Labute approximate surface area is 268 Å². The van der Waals surface area contributed by atoms with Crippen molar-refractivity contribution in [1.29, 1.82) is 0 Å². The fraction of sp³-hybridized carbons (Fsp3) is 0.343. The molecule has 0 fully saturated rings. The van der Waals surface area contributed by atoms with Crippen molar-refractivity contribution in [3.05, 3.63) is 95.6 Å². The summed E-state index contributed by atoms with van der Waals surface area (Å²) in [5, 5.41) is 10.4. The second kappa shape index (κ2) is 15.7. The summed E-state index contributed by atoms with van der Waals surface area (Å²) in [5.41, 5.74) is 5.11. The topological polar surface area (TPSA) is 152 Å². The van der Waals surface area contributed by atoms with Crippen LogP contribution in [0.2, 0.25) is 0 Å². The fourth-order valence-corrected chi connectivity index (χ4v) is 5.37. The van der Waals surface area contributed by atoms with Crippen molar-refractivity contribution in [3.8, 4) is 11.1 Å². The van der Waals surface area contributed by atoms with Crippen molar-refractivity contribution in [2.75, 3.05) is 20.3 Å². The normalized spacial score (nSPS) is 13.8. The molecule has 4 N–H and O–H groups in total. The van der Waals surface area contributed by atoms with Crippen molar-refractivity contribution in [2.45, 2.75) is 51.2 Å². The second-order valence-electron chi connectivity index (χ2n) is 11.5. The van der Waals surface area contributed by atoms with E-state index in [0.29, 0.717) is 0 Å². The zero-order chi connectivity index (χ0) is 33.2. The lowest BCUT2D eigenvalue weighted by Crippen LogP contribution is -2.58. The molecule has 4 rings (SSSR count). The van der Waals surface area contributed by atoms with Gasteiger partial charge in [0.25, 0.3) is 0 Å². The number of amides is 4. The summed E-state index contributed by atoms with van der Waals surface area (Å²) in [6.07, 6.45) is -0.638. The van der Waals surface area contributed by atoms with Crippen LogP contribution in [0.3, 0.4) is 0 Å². The summed E-state index contributed by atoms with van der Waals surface area (Å²) in [7, 11) is 1.20. The van der Waals surface area contributed by atoms with Gasteiger partial charge in [0.1, 0.15) is 31.3 Å². The minimum absolute atomic E-state index is 0.0852. The van der Waals surface area contributed by atoms with E-state index in [-0.39, 0.29) is 31.4 Å². The lowest BCUT2D eigenvalue weighted by atomic mass is 9.98. The van der Waals surface area contributed by atoms with Crippen LogP contribution in [0.15, 0.2) is 78.9 Å². The Kier molecular flexibility index (Phi) is 11.5. The maximum atomic E-state index is 13.5. The third-order valence-electron chi connectivity index (χ3n) is 7.87. The van der Waals surface area contributed by atoms with Gasteiger partial charge in [0.15, 0.2) is 0 Å². The lowest BCUT2D eigenvalue weighted by Gasteiger charge is -2.26. The molecule has 1 aliphatic rings. The first-order valence-corrected chi connectivity index (χ1v) is 15.2. The highest BCUT2D eigenvalue weighted by molar-refractivity contribution is 5.94. The zero-order valence-electron chi connectivity index (χ0n) is 26.4. The van der Waals surface area contributed by atoms with Crippen LogP contribution in [0.4, 0.5) is 4.79 Å². The summed E-state index contributed by atoms with van der Waals surface area (Å²) in [4.78, 5) is 63.8. The number of methoxy groups -OCH3 is 1. The van der Waals surface area contributed by atoms with Gasteiger partial charge in [-0.15, -0.1) is 0 Å². The number of carbonyl (C=O) groups is 5. The third kappa shape index (κ3) is 8.50. The van der Waals surface area contributed by atoms with E-state index >= 15 is 0 Å². The summed E-state index contributed by atoms with van der Waals surface area (Å²) in [6.45, 7) is 4.71. The highest BCUT2D eigenvalue weighted by Crippen LogP contribution is 2.44. The molecule has 242 valence electrons. The van der Waals surface area contributed by atoms with Gasteiger partial charge in [0, 0.05) is 12.3 Å². The minimum Gasteiger partial charge on any atom is -0.468 e. The van der Waals surface area contributed by atoms with Gasteiger partial charge >= 0.3 is 12.1 Å². The number of fused-ring (bicyclic) bond motifs is 3. The average Bonchev–Trinajstić information content (AvgIpc) is 3.38. The van der Waals surface area contributed by atoms with Crippen LogP contribution in [-0.2, 0) is 35.1 Å². The van der Waals surface area contributed by atoms with E-state index in [1.54, 1.807) is 13.8 Å². The van der Waals surface area contributed by atoms with Crippen molar-refractivity contribution < 1.29 is 33.4 Å². The predicted octanol–water partition coefficient (Wildman–Crippen LogP) is 3.07. The first kappa shape index (κ1) is 33.7. The zero-order valence-corrected chi connectivity index (χ0v) is 26.4. The summed E-state index contributed by atoms with van der Waals surface area (Å²) in [6, 6.07) is 21.9. The SMILES string of the molecule is COC(=O)CNC(=O)[C@H](NC(=O)[C@@H](Cc1ccccc1)NC(=O)[C@H](C)NC(=O)OCC1c2ccccc2-c2ccccc21)C(C)C. The molecule has 46 heavy (non-hydrogen) atoms. The quantitative estimate of drug-likeness (QED) is 0.212. The number of hydrogen-bond acceptors (Lipinski definition) is 7. The average molecular weight is 629 g/mol. The van der Waals surface area contributed by atoms with Crippen molar-refractivity contribution >= 4 is 29.8 Å². The van der Waals surface area contributed by atoms with E-state index in [1.165, 1.54) is 14.0 Å². The number of alkyl carbamates (subject to hydrolysis) is 1. The largest absolute Gasteiger partial charge is 0.468 e. The Morgan fingerprint density at radius 3 is 1.89 bits per heavy atom. The van der Waals surface area contributed by atoms with E-state index in [2.05, 4.69) is 26.0 Å². The Morgan fingerprint density at radius 2 is 1.30 bits per heavy atom. The smallest absolute Gasteiger partial charge is 0.407 e. The monoisotopic (exact) mass is 628 g/mol. The Morgan fingerprint density at radius 1 is 0.717 bits per heavy atom. The maximum absolute atomic E-state index is 13.5. The fourth-order valence-electron chi connectivity index (χ4n) is 5.37. The van der Waals surface area contributed by atoms with E-state index < -0.39 is 47.9 Å². The van der Waals surface area contributed by atoms with Crippen molar-refractivity contribution in [3.63, 3.8) is 0 Å². The van der Waals surface area contributed by atoms with E-state index in [1.807, 2.05) is 78.9 Å². The molecule has 11 nitrogen and oxygen atoms in total. The molecule has 0 radical (unpaired) electrons. The summed E-state index contributed by atoms with van der Waals surface area (Å²) in [5.74, 6) is -2.87. The Hall–Kier alpha value is -5.19. The van der Waals surface area contributed by atoms with Gasteiger partial charge in [-0.25, -0.2) is 4.79 Å². The van der Waals surface area contributed by atoms with E-state index in [9.17, 15) is 24.0 Å². The summed E-state index contributed by atoms with van der Waals surface area (Å²) >= 11 is 0. The number of esters is 1. The van der Waals surface area contributed by atoms with Gasteiger partial charge in [0.2, 0.25) is 17.7 Å². The van der Waals surface area contributed by atoms with E-state index in [0.717, 1.165) is 27.8 Å². The molecule has 1 aliphatic carbocycles. The molecule has 0 spiro atoms. The predicted molar refractivity (Wildman–Crippen MR) is 172 cm³/mol. The molecule has 0 bridgehead atoms. The standard InChI is InChI=1S/C35H40N4O7/c1-21(2)31(34(43)36-19-30(40)45-4)39-33(42)29(18-23-12-6-5-7-13-23)38-32(41)22(3)37-35(44)46-20-28-26-16-10-8-14-24(26)25-15-9-11-17-27(25)28/h5-17,21-22,28-29,31H,18-20H2,1-4H3,(H,36,43)(H,37,44)(H,38,41)(H,39,42)/t22-,29+,31+/m0/s1. The molecule has 3 aromatic rings. The molecule has 0 saturated carbocycles. The van der Waals surface area contributed by atoms with Crippen LogP contribution in [0, 0.1) is 5.92 Å². The lowest BCUT2D eigenvalue weighted by molar-refractivity contribution is -0.141. The van der Waals surface area contributed by atoms with Gasteiger partial charge in [-0.1, -0.05) is 92.7 Å². The van der Waals surface area contributed by atoms with Crippen LogP contribution in [0.1, 0.15) is 43.4 Å². The molecule has 3 aromatic carbocycles. The molecule has 0 unspecified atom stereocenters. The molecule has 3 atom stereocenters. The summed E-state index contributed by atoms with van der Waals surface area (Å²) < 4.78 is 10.1. The first-order chi connectivity index (χ1) is 22.1.